The van der Waals surface area contributed by atoms with Crippen molar-refractivity contribution in [3.8, 4) is 0 Å². The summed E-state index contributed by atoms with van der Waals surface area (Å²) in [5.41, 5.74) is 5.57. The third kappa shape index (κ3) is 6.59. The Balaban J connectivity index is 0.00000220. The van der Waals surface area contributed by atoms with Crippen LogP contribution in [0.3, 0.4) is 0 Å². The summed E-state index contributed by atoms with van der Waals surface area (Å²) in [7, 11) is 0. The topological polar surface area (TPSA) is 67.6 Å². The van der Waals surface area contributed by atoms with Crippen molar-refractivity contribution in [2.24, 2.45) is 11.7 Å². The van der Waals surface area contributed by atoms with E-state index in [1.165, 1.54) is 12.8 Å². The maximum Gasteiger partial charge on any atom is 0.249 e. The van der Waals surface area contributed by atoms with E-state index in [1.807, 2.05) is 0 Å². The summed E-state index contributed by atoms with van der Waals surface area (Å²) < 4.78 is 5.63. The van der Waals surface area contributed by atoms with Crippen LogP contribution in [0.1, 0.15) is 39.5 Å². The molecule has 0 aromatic heterocycles. The molecule has 0 aromatic carbocycles. The first-order valence-corrected chi connectivity index (χ1v) is 7.96. The molecule has 132 valence electrons. The number of hydrogen-bond donors (Lipinski definition) is 2. The summed E-state index contributed by atoms with van der Waals surface area (Å²) in [5.74, 6) is 0.800. The number of nitrogens with zero attached hydrogens (tertiary/aromatic N) is 1. The van der Waals surface area contributed by atoms with Crippen LogP contribution >= 0.6 is 24.8 Å². The summed E-state index contributed by atoms with van der Waals surface area (Å²) in [4.78, 5) is 14.6. The van der Waals surface area contributed by atoms with Crippen LogP contribution in [-0.4, -0.2) is 55.2 Å². The number of nitrogens with one attached hydrogen (secondary N) is 1. The smallest absolute Gasteiger partial charge is 0.249 e. The molecule has 0 spiro atoms. The molecule has 2 rings (SSSR count). The first-order valence-electron chi connectivity index (χ1n) is 7.96. The molecule has 7 heteroatoms. The Labute approximate surface area is 146 Å². The number of nitrogens with two attached hydrogens (primary N) is 1. The number of amides is 1. The molecule has 2 heterocycles. The van der Waals surface area contributed by atoms with Gasteiger partial charge in [0, 0.05) is 25.7 Å². The molecule has 0 saturated carbocycles. The van der Waals surface area contributed by atoms with Gasteiger partial charge in [0.25, 0.3) is 0 Å². The van der Waals surface area contributed by atoms with Gasteiger partial charge in [0.1, 0.15) is 6.10 Å². The van der Waals surface area contributed by atoms with Crippen molar-refractivity contribution in [3.05, 3.63) is 0 Å². The Kier molecular flexibility index (Phi) is 10.6. The lowest BCUT2D eigenvalue weighted by Crippen LogP contribution is -2.47. The molecule has 0 bridgehead atoms. The van der Waals surface area contributed by atoms with Crippen LogP contribution in [0.2, 0.25) is 0 Å². The van der Waals surface area contributed by atoms with Crippen molar-refractivity contribution >= 4 is 30.7 Å². The molecular weight excluding hydrogens is 325 g/mol. The number of piperidine rings is 1. The van der Waals surface area contributed by atoms with Crippen molar-refractivity contribution in [1.29, 1.82) is 0 Å². The van der Waals surface area contributed by atoms with Gasteiger partial charge in [-0.15, -0.1) is 24.8 Å². The van der Waals surface area contributed by atoms with Crippen molar-refractivity contribution in [2.75, 3.05) is 26.2 Å². The number of carbonyl (C=O) groups is 1. The standard InChI is InChI=1S/C15H29N3O2.2ClH/c1-11-4-3-7-18(9-11)10-12(2)17-15(19)14-6-5-13(8-16)20-14;;/h11-14H,3-10,16H2,1-2H3,(H,17,19);2*1H/t11?,12?,13-,14+;;/m1../s1. The van der Waals surface area contributed by atoms with Gasteiger partial charge >= 0.3 is 0 Å². The van der Waals surface area contributed by atoms with Gasteiger partial charge in [-0.05, 0) is 45.1 Å². The summed E-state index contributed by atoms with van der Waals surface area (Å²) in [6.07, 6.45) is 4.04. The quantitative estimate of drug-likeness (QED) is 0.785. The molecule has 0 aromatic rings. The number of rotatable bonds is 5. The van der Waals surface area contributed by atoms with Crippen LogP contribution < -0.4 is 11.1 Å². The largest absolute Gasteiger partial charge is 0.364 e. The second kappa shape index (κ2) is 10.7. The minimum atomic E-state index is -0.300. The zero-order valence-corrected chi connectivity index (χ0v) is 15.3. The Hall–Kier alpha value is -0.0700. The lowest BCUT2D eigenvalue weighted by molar-refractivity contribution is -0.132. The highest BCUT2D eigenvalue weighted by Crippen LogP contribution is 2.19. The molecule has 0 aliphatic carbocycles. The van der Waals surface area contributed by atoms with Gasteiger partial charge in [-0.1, -0.05) is 6.92 Å². The van der Waals surface area contributed by atoms with Crippen LogP contribution in [0.25, 0.3) is 0 Å². The van der Waals surface area contributed by atoms with E-state index in [-0.39, 0.29) is 49.0 Å². The SMILES string of the molecule is CC1CCCN(CC(C)NC(=O)[C@@H]2CC[C@H](CN)O2)C1.Cl.Cl. The van der Waals surface area contributed by atoms with Gasteiger partial charge in [-0.25, -0.2) is 0 Å². The van der Waals surface area contributed by atoms with Crippen LogP contribution in [0.4, 0.5) is 0 Å². The van der Waals surface area contributed by atoms with E-state index in [0.717, 1.165) is 38.4 Å². The van der Waals surface area contributed by atoms with Crippen LogP contribution in [0.5, 0.6) is 0 Å². The molecule has 1 amide bonds. The number of halogens is 2. The molecule has 2 unspecified atom stereocenters. The summed E-state index contributed by atoms with van der Waals surface area (Å²) in [6.45, 7) is 8.12. The van der Waals surface area contributed by atoms with Crippen molar-refractivity contribution < 1.29 is 9.53 Å². The molecule has 2 saturated heterocycles. The van der Waals surface area contributed by atoms with Crippen molar-refractivity contribution in [3.63, 3.8) is 0 Å². The third-order valence-corrected chi connectivity index (χ3v) is 4.32. The minimum Gasteiger partial charge on any atom is -0.364 e. The number of likely N-dealkylation sites (tertiary alicyclic amines) is 1. The molecule has 5 nitrogen and oxygen atoms in total. The average molecular weight is 356 g/mol. The first kappa shape index (κ1) is 21.9. The maximum atomic E-state index is 12.1. The second-order valence-corrected chi connectivity index (χ2v) is 6.48. The fraction of sp³-hybridized carbons (Fsp3) is 0.933. The second-order valence-electron chi connectivity index (χ2n) is 6.48. The predicted molar refractivity (Wildman–Crippen MR) is 93.9 cm³/mol. The van der Waals surface area contributed by atoms with Gasteiger partial charge in [0.2, 0.25) is 5.91 Å². The minimum absolute atomic E-state index is 0. The zero-order chi connectivity index (χ0) is 14.5. The Bertz CT molecular complexity index is 334. The van der Waals surface area contributed by atoms with E-state index >= 15 is 0 Å². The molecule has 2 fully saturated rings. The highest BCUT2D eigenvalue weighted by molar-refractivity contribution is 5.85. The fourth-order valence-corrected chi connectivity index (χ4v) is 3.29. The monoisotopic (exact) mass is 355 g/mol. The normalized spacial score (nSPS) is 30.0. The molecule has 3 N–H and O–H groups in total. The van der Waals surface area contributed by atoms with Crippen LogP contribution in [-0.2, 0) is 9.53 Å². The average Bonchev–Trinajstić information content (AvgIpc) is 2.87. The van der Waals surface area contributed by atoms with Crippen LogP contribution in [0.15, 0.2) is 0 Å². The Morgan fingerprint density at radius 1 is 1.36 bits per heavy atom. The fourth-order valence-electron chi connectivity index (χ4n) is 3.29. The van der Waals surface area contributed by atoms with Gasteiger partial charge in [0.15, 0.2) is 0 Å². The highest BCUT2D eigenvalue weighted by atomic mass is 35.5. The molecule has 2 aliphatic rings. The van der Waals surface area contributed by atoms with E-state index in [9.17, 15) is 4.79 Å². The van der Waals surface area contributed by atoms with Crippen molar-refractivity contribution in [2.45, 2.75) is 57.8 Å². The van der Waals surface area contributed by atoms with Gasteiger partial charge < -0.3 is 20.7 Å². The Morgan fingerprint density at radius 3 is 2.68 bits per heavy atom. The molecule has 22 heavy (non-hydrogen) atoms. The van der Waals surface area contributed by atoms with Gasteiger partial charge in [-0.3, -0.25) is 4.79 Å². The van der Waals surface area contributed by atoms with E-state index in [1.54, 1.807) is 0 Å². The van der Waals surface area contributed by atoms with Gasteiger partial charge in [-0.2, -0.15) is 0 Å². The Morgan fingerprint density at radius 2 is 2.09 bits per heavy atom. The van der Waals surface area contributed by atoms with E-state index < -0.39 is 0 Å². The van der Waals surface area contributed by atoms with E-state index in [2.05, 4.69) is 24.1 Å². The molecule has 4 atom stereocenters. The predicted octanol–water partition coefficient (Wildman–Crippen LogP) is 1.57. The maximum absolute atomic E-state index is 12.1. The lowest BCUT2D eigenvalue weighted by atomic mass is 10.00. The van der Waals surface area contributed by atoms with Crippen molar-refractivity contribution in [1.82, 2.24) is 10.2 Å². The van der Waals surface area contributed by atoms with E-state index in [0.29, 0.717) is 6.54 Å². The lowest BCUT2D eigenvalue weighted by Gasteiger charge is -2.33. The number of ether oxygens (including phenoxy) is 1. The molecule has 2 aliphatic heterocycles. The molecule has 0 radical (unpaired) electrons. The molecular formula is C15H31Cl2N3O2. The number of hydrogen-bond acceptors (Lipinski definition) is 4. The first-order chi connectivity index (χ1) is 9.58. The van der Waals surface area contributed by atoms with Gasteiger partial charge in [0.05, 0.1) is 6.10 Å². The van der Waals surface area contributed by atoms with E-state index in [4.69, 9.17) is 10.5 Å². The number of carbonyl (C=O) groups excluding carboxylic acids is 1. The summed E-state index contributed by atoms with van der Waals surface area (Å²) in [6, 6.07) is 0.174. The zero-order valence-electron chi connectivity index (χ0n) is 13.6. The van der Waals surface area contributed by atoms with Crippen LogP contribution in [0, 0.1) is 5.92 Å². The summed E-state index contributed by atoms with van der Waals surface area (Å²) >= 11 is 0. The summed E-state index contributed by atoms with van der Waals surface area (Å²) in [5, 5.41) is 3.08. The third-order valence-electron chi connectivity index (χ3n) is 4.32. The highest BCUT2D eigenvalue weighted by Gasteiger charge is 2.30.